The van der Waals surface area contributed by atoms with Gasteiger partial charge < -0.3 is 0 Å². The molecule has 1 rings (SSSR count). The summed E-state index contributed by atoms with van der Waals surface area (Å²) in [6, 6.07) is 0. The van der Waals surface area contributed by atoms with Crippen LogP contribution in [0.3, 0.4) is 0 Å². The number of halogens is 4. The molecule has 0 unspecified atom stereocenters. The van der Waals surface area contributed by atoms with Crippen molar-refractivity contribution in [2.75, 3.05) is 0 Å². The minimum Gasteiger partial charge on any atom is -0.248 e. The average molecular weight is 246 g/mol. The first-order valence-electron chi connectivity index (χ1n) is 2.61. The largest absolute Gasteiger partial charge is 0.427 e. The molecule has 0 amide bonds. The van der Waals surface area contributed by atoms with Crippen molar-refractivity contribution in [1.82, 2.24) is 4.98 Å². The summed E-state index contributed by atoms with van der Waals surface area (Å²) in [5.74, 6) is 0. The Morgan fingerprint density at radius 2 is 2.18 bits per heavy atom. The van der Waals surface area contributed by atoms with Crippen molar-refractivity contribution in [3.8, 4) is 0 Å². The van der Waals surface area contributed by atoms with E-state index in [0.717, 1.165) is 0 Å². The maximum absolute atomic E-state index is 12.0. The molecule has 1 nitrogen and oxygen atoms in total. The van der Waals surface area contributed by atoms with E-state index in [-0.39, 0.29) is 11.0 Å². The van der Waals surface area contributed by atoms with Crippen LogP contribution in [0.1, 0.15) is 10.6 Å². The maximum atomic E-state index is 12.0. The summed E-state index contributed by atoms with van der Waals surface area (Å²) in [5, 5.41) is 0.144. The number of hydrogen-bond donors (Lipinski definition) is 0. The Morgan fingerprint density at radius 3 is 2.55 bits per heavy atom. The Hall–Kier alpha value is -0.100. The molecule has 0 saturated carbocycles. The second-order valence-electron chi connectivity index (χ2n) is 1.76. The third kappa shape index (κ3) is 1.93. The van der Waals surface area contributed by atoms with Crippen molar-refractivity contribution >= 4 is 27.3 Å². The third-order valence-electron chi connectivity index (χ3n) is 1.03. The van der Waals surface area contributed by atoms with Crippen molar-refractivity contribution < 1.29 is 13.2 Å². The molecule has 11 heavy (non-hydrogen) atoms. The van der Waals surface area contributed by atoms with E-state index in [2.05, 4.69) is 20.9 Å². The fourth-order valence-corrected chi connectivity index (χ4v) is 1.89. The molecule has 1 aromatic rings. The van der Waals surface area contributed by atoms with Gasteiger partial charge in [0.15, 0.2) is 0 Å². The lowest BCUT2D eigenvalue weighted by Crippen LogP contribution is -2.04. The van der Waals surface area contributed by atoms with E-state index in [0.29, 0.717) is 11.3 Å². The highest BCUT2D eigenvalue weighted by Gasteiger charge is 2.35. The molecule has 62 valence electrons. The molecule has 6 heteroatoms. The first-order valence-corrected chi connectivity index (χ1v) is 4.61. The van der Waals surface area contributed by atoms with Gasteiger partial charge in [0.05, 0.1) is 11.2 Å². The lowest BCUT2D eigenvalue weighted by atomic mass is 10.4. The van der Waals surface area contributed by atoms with Gasteiger partial charge in [0, 0.05) is 5.33 Å². The van der Waals surface area contributed by atoms with E-state index in [4.69, 9.17) is 0 Å². The van der Waals surface area contributed by atoms with Crippen LogP contribution < -0.4 is 0 Å². The molecular formula is C5H3BrF3NS. The van der Waals surface area contributed by atoms with Gasteiger partial charge in [-0.25, -0.2) is 4.98 Å². The van der Waals surface area contributed by atoms with Gasteiger partial charge in [-0.3, -0.25) is 0 Å². The van der Waals surface area contributed by atoms with Crippen molar-refractivity contribution in [1.29, 1.82) is 0 Å². The van der Waals surface area contributed by atoms with Crippen LogP contribution in [0.5, 0.6) is 0 Å². The highest BCUT2D eigenvalue weighted by Crippen LogP contribution is 2.35. The van der Waals surface area contributed by atoms with Crippen molar-refractivity contribution in [2.45, 2.75) is 11.5 Å². The highest BCUT2D eigenvalue weighted by atomic mass is 79.9. The lowest BCUT2D eigenvalue weighted by molar-refractivity contribution is -0.134. The fraction of sp³-hybridized carbons (Fsp3) is 0.400. The van der Waals surface area contributed by atoms with Gasteiger partial charge in [0.25, 0.3) is 0 Å². The summed E-state index contributed by atoms with van der Waals surface area (Å²) in [4.78, 5) is 2.94. The fourth-order valence-electron chi connectivity index (χ4n) is 0.595. The molecule has 0 fully saturated rings. The number of nitrogens with zero attached hydrogens (tertiary/aromatic N) is 1. The van der Waals surface area contributed by atoms with Crippen LogP contribution in [0.2, 0.25) is 0 Å². The van der Waals surface area contributed by atoms with Crippen LogP contribution in [-0.4, -0.2) is 4.98 Å². The van der Waals surface area contributed by atoms with E-state index >= 15 is 0 Å². The van der Waals surface area contributed by atoms with Crippen LogP contribution in [0.15, 0.2) is 5.51 Å². The zero-order chi connectivity index (χ0) is 8.48. The Bertz CT molecular complexity index is 244. The Balaban J connectivity index is 3.02. The molecule has 0 aliphatic rings. The highest BCUT2D eigenvalue weighted by molar-refractivity contribution is 9.08. The van der Waals surface area contributed by atoms with Gasteiger partial charge in [0.2, 0.25) is 0 Å². The SMILES string of the molecule is FC(F)(F)c1scnc1CBr. The molecule has 0 radical (unpaired) electrons. The Kier molecular flexibility index (Phi) is 2.54. The minimum absolute atomic E-state index is 0.0579. The zero-order valence-electron chi connectivity index (χ0n) is 5.15. The quantitative estimate of drug-likeness (QED) is 0.694. The summed E-state index contributed by atoms with van der Waals surface area (Å²) in [5.41, 5.74) is 1.25. The molecule has 1 heterocycles. The first kappa shape index (κ1) is 8.99. The van der Waals surface area contributed by atoms with E-state index in [1.807, 2.05) is 0 Å². The number of thiazole rings is 1. The smallest absolute Gasteiger partial charge is 0.248 e. The second kappa shape index (κ2) is 3.10. The molecular weight excluding hydrogens is 243 g/mol. The summed E-state index contributed by atoms with van der Waals surface area (Å²) in [6.07, 6.45) is -4.26. The zero-order valence-corrected chi connectivity index (χ0v) is 7.55. The van der Waals surface area contributed by atoms with Crippen LogP contribution >= 0.6 is 27.3 Å². The standard InChI is InChI=1S/C5H3BrF3NS/c6-1-3-4(5(7,8)9)11-2-10-3/h2H,1H2. The Labute approximate surface area is 73.4 Å². The number of aromatic nitrogens is 1. The van der Waals surface area contributed by atoms with E-state index < -0.39 is 11.1 Å². The number of hydrogen-bond acceptors (Lipinski definition) is 2. The van der Waals surface area contributed by atoms with Crippen LogP contribution in [0, 0.1) is 0 Å². The number of alkyl halides is 4. The number of rotatable bonds is 1. The van der Waals surface area contributed by atoms with Gasteiger partial charge in [-0.15, -0.1) is 11.3 Å². The molecule has 0 aliphatic carbocycles. The molecule has 0 aliphatic heterocycles. The van der Waals surface area contributed by atoms with Crippen LogP contribution in [0.25, 0.3) is 0 Å². The maximum Gasteiger partial charge on any atom is 0.427 e. The molecule has 0 aromatic carbocycles. The van der Waals surface area contributed by atoms with Crippen molar-refractivity contribution in [2.24, 2.45) is 0 Å². The molecule has 0 bridgehead atoms. The van der Waals surface area contributed by atoms with Gasteiger partial charge >= 0.3 is 6.18 Å². The third-order valence-corrected chi connectivity index (χ3v) is 2.47. The summed E-state index contributed by atoms with van der Waals surface area (Å²) in [6.45, 7) is 0. The van der Waals surface area contributed by atoms with Gasteiger partial charge in [0.1, 0.15) is 4.88 Å². The molecule has 1 aromatic heterocycles. The summed E-state index contributed by atoms with van der Waals surface area (Å²) >= 11 is 3.54. The first-order chi connectivity index (χ1) is 5.05. The molecule has 0 saturated heterocycles. The van der Waals surface area contributed by atoms with Gasteiger partial charge in [-0.2, -0.15) is 13.2 Å². The predicted molar refractivity (Wildman–Crippen MR) is 39.7 cm³/mol. The van der Waals surface area contributed by atoms with Crippen molar-refractivity contribution in [3.63, 3.8) is 0 Å². The van der Waals surface area contributed by atoms with E-state index in [1.54, 1.807) is 0 Å². The van der Waals surface area contributed by atoms with Gasteiger partial charge in [-0.05, 0) is 0 Å². The lowest BCUT2D eigenvalue weighted by Gasteiger charge is -2.02. The van der Waals surface area contributed by atoms with Crippen LogP contribution in [0.4, 0.5) is 13.2 Å². The average Bonchev–Trinajstić information content (AvgIpc) is 2.31. The normalized spacial score (nSPS) is 12.0. The minimum atomic E-state index is -4.26. The topological polar surface area (TPSA) is 12.9 Å². The molecule has 0 spiro atoms. The second-order valence-corrected chi connectivity index (χ2v) is 3.18. The van der Waals surface area contributed by atoms with E-state index in [1.165, 1.54) is 5.51 Å². The van der Waals surface area contributed by atoms with Crippen LogP contribution in [-0.2, 0) is 11.5 Å². The Morgan fingerprint density at radius 1 is 1.55 bits per heavy atom. The monoisotopic (exact) mass is 245 g/mol. The molecule has 0 N–H and O–H groups in total. The molecule has 0 atom stereocenters. The van der Waals surface area contributed by atoms with Crippen molar-refractivity contribution in [3.05, 3.63) is 16.1 Å². The van der Waals surface area contributed by atoms with Gasteiger partial charge in [-0.1, -0.05) is 15.9 Å². The van der Waals surface area contributed by atoms with E-state index in [9.17, 15) is 13.2 Å². The summed E-state index contributed by atoms with van der Waals surface area (Å²) in [7, 11) is 0. The predicted octanol–water partition coefficient (Wildman–Crippen LogP) is 3.06. The summed E-state index contributed by atoms with van der Waals surface area (Å²) < 4.78 is 36.1.